The van der Waals surface area contributed by atoms with Gasteiger partial charge in [-0.1, -0.05) is 19.1 Å². The van der Waals surface area contributed by atoms with E-state index in [1.54, 1.807) is 32.2 Å². The average Bonchev–Trinajstić information content (AvgIpc) is 2.38. The Bertz CT molecular complexity index is 468. The predicted molar refractivity (Wildman–Crippen MR) is 71.5 cm³/mol. The highest BCUT2D eigenvalue weighted by atomic mass is 32.2. The predicted octanol–water partition coefficient (Wildman–Crippen LogP) is 1.94. The van der Waals surface area contributed by atoms with Crippen molar-refractivity contribution in [1.82, 2.24) is 0 Å². The molecule has 102 valence electrons. The maximum Gasteiger partial charge on any atom is 0.150 e. The summed E-state index contributed by atoms with van der Waals surface area (Å²) in [5.41, 5.74) is 0.753. The van der Waals surface area contributed by atoms with Crippen molar-refractivity contribution in [2.75, 3.05) is 18.6 Å². The van der Waals surface area contributed by atoms with Crippen LogP contribution >= 0.6 is 0 Å². The number of methoxy groups -OCH3 is 1. The molecule has 0 amide bonds. The van der Waals surface area contributed by atoms with E-state index in [0.29, 0.717) is 18.6 Å². The van der Waals surface area contributed by atoms with Gasteiger partial charge in [-0.05, 0) is 30.5 Å². The molecule has 0 aliphatic rings. The van der Waals surface area contributed by atoms with E-state index in [1.165, 1.54) is 0 Å². The van der Waals surface area contributed by atoms with Crippen LogP contribution in [-0.2, 0) is 9.84 Å². The van der Waals surface area contributed by atoms with E-state index in [4.69, 9.17) is 4.74 Å². The first-order valence-electron chi connectivity index (χ1n) is 6.01. The SMILES string of the molecule is CCS(=O)(=O)CCCC(O)c1cccc(OC)c1. The van der Waals surface area contributed by atoms with Crippen LogP contribution in [0.3, 0.4) is 0 Å². The topological polar surface area (TPSA) is 63.6 Å². The maximum atomic E-state index is 11.3. The third kappa shape index (κ3) is 4.66. The summed E-state index contributed by atoms with van der Waals surface area (Å²) in [6, 6.07) is 7.18. The fourth-order valence-corrected chi connectivity index (χ4v) is 2.55. The monoisotopic (exact) mass is 272 g/mol. The summed E-state index contributed by atoms with van der Waals surface area (Å²) in [5.74, 6) is 0.972. The fourth-order valence-electron chi connectivity index (χ4n) is 1.66. The van der Waals surface area contributed by atoms with E-state index in [9.17, 15) is 13.5 Å². The van der Waals surface area contributed by atoms with E-state index in [2.05, 4.69) is 0 Å². The molecule has 0 bridgehead atoms. The summed E-state index contributed by atoms with van der Waals surface area (Å²) in [6.45, 7) is 1.63. The molecule has 1 N–H and O–H groups in total. The van der Waals surface area contributed by atoms with Gasteiger partial charge in [0.05, 0.1) is 19.0 Å². The van der Waals surface area contributed by atoms with Crippen LogP contribution in [0.15, 0.2) is 24.3 Å². The average molecular weight is 272 g/mol. The molecule has 1 aromatic carbocycles. The molecule has 0 heterocycles. The molecule has 0 radical (unpaired) electrons. The zero-order chi connectivity index (χ0) is 13.6. The molecule has 1 aromatic rings. The van der Waals surface area contributed by atoms with Gasteiger partial charge in [-0.2, -0.15) is 0 Å². The molecule has 1 atom stereocenters. The minimum absolute atomic E-state index is 0.129. The van der Waals surface area contributed by atoms with Gasteiger partial charge in [-0.3, -0.25) is 0 Å². The van der Waals surface area contributed by atoms with Gasteiger partial charge in [0.1, 0.15) is 15.6 Å². The van der Waals surface area contributed by atoms with Gasteiger partial charge in [0.2, 0.25) is 0 Å². The van der Waals surface area contributed by atoms with Crippen molar-refractivity contribution in [3.63, 3.8) is 0 Å². The fraction of sp³-hybridized carbons (Fsp3) is 0.538. The minimum atomic E-state index is -2.95. The number of aliphatic hydroxyl groups is 1. The number of hydrogen-bond acceptors (Lipinski definition) is 4. The smallest absolute Gasteiger partial charge is 0.150 e. The number of hydrogen-bond donors (Lipinski definition) is 1. The third-order valence-electron chi connectivity index (χ3n) is 2.85. The molecule has 0 saturated carbocycles. The Morgan fingerprint density at radius 3 is 2.72 bits per heavy atom. The van der Waals surface area contributed by atoms with Crippen molar-refractivity contribution < 1.29 is 18.3 Å². The minimum Gasteiger partial charge on any atom is -0.497 e. The molecule has 1 unspecified atom stereocenters. The molecule has 18 heavy (non-hydrogen) atoms. The summed E-state index contributed by atoms with van der Waals surface area (Å²) < 4.78 is 27.7. The molecular formula is C13H20O4S. The van der Waals surface area contributed by atoms with Gasteiger partial charge in [0.25, 0.3) is 0 Å². The van der Waals surface area contributed by atoms with Crippen molar-refractivity contribution in [1.29, 1.82) is 0 Å². The van der Waals surface area contributed by atoms with Gasteiger partial charge in [-0.25, -0.2) is 8.42 Å². The zero-order valence-corrected chi connectivity index (χ0v) is 11.6. The molecule has 0 saturated heterocycles. The van der Waals surface area contributed by atoms with Crippen LogP contribution in [0, 0.1) is 0 Å². The molecule has 0 aliphatic carbocycles. The highest BCUT2D eigenvalue weighted by Gasteiger charge is 2.12. The maximum absolute atomic E-state index is 11.3. The van der Waals surface area contributed by atoms with Crippen LogP contribution in [0.2, 0.25) is 0 Å². The lowest BCUT2D eigenvalue weighted by molar-refractivity contribution is 0.166. The Balaban J connectivity index is 2.52. The lowest BCUT2D eigenvalue weighted by Crippen LogP contribution is -2.10. The van der Waals surface area contributed by atoms with Crippen LogP contribution in [0.25, 0.3) is 0 Å². The van der Waals surface area contributed by atoms with E-state index < -0.39 is 15.9 Å². The Hall–Kier alpha value is -1.07. The Morgan fingerprint density at radius 1 is 1.39 bits per heavy atom. The normalized spacial score (nSPS) is 13.3. The number of ether oxygens (including phenoxy) is 1. The molecule has 1 rings (SSSR count). The zero-order valence-electron chi connectivity index (χ0n) is 10.8. The van der Waals surface area contributed by atoms with Gasteiger partial charge >= 0.3 is 0 Å². The van der Waals surface area contributed by atoms with Crippen LogP contribution in [0.4, 0.5) is 0 Å². The Morgan fingerprint density at radius 2 is 2.11 bits per heavy atom. The van der Waals surface area contributed by atoms with Crippen molar-refractivity contribution >= 4 is 9.84 Å². The van der Waals surface area contributed by atoms with E-state index in [1.807, 2.05) is 6.07 Å². The highest BCUT2D eigenvalue weighted by Crippen LogP contribution is 2.22. The molecule has 0 aliphatic heterocycles. The number of sulfone groups is 1. The first-order chi connectivity index (χ1) is 8.48. The lowest BCUT2D eigenvalue weighted by Gasteiger charge is -2.11. The number of rotatable bonds is 7. The molecular weight excluding hydrogens is 252 g/mol. The van der Waals surface area contributed by atoms with E-state index in [-0.39, 0.29) is 11.5 Å². The number of aliphatic hydroxyl groups excluding tert-OH is 1. The lowest BCUT2D eigenvalue weighted by atomic mass is 10.1. The van der Waals surface area contributed by atoms with Crippen LogP contribution < -0.4 is 4.74 Å². The van der Waals surface area contributed by atoms with Crippen LogP contribution in [-0.4, -0.2) is 32.1 Å². The van der Waals surface area contributed by atoms with Crippen molar-refractivity contribution in [3.05, 3.63) is 29.8 Å². The first-order valence-corrected chi connectivity index (χ1v) is 7.83. The quantitative estimate of drug-likeness (QED) is 0.824. The second-order valence-corrected chi connectivity index (χ2v) is 6.64. The van der Waals surface area contributed by atoms with Gasteiger partial charge < -0.3 is 9.84 Å². The second-order valence-electron chi connectivity index (χ2n) is 4.17. The summed E-state index contributed by atoms with van der Waals surface area (Å²) >= 11 is 0. The Kier molecular flexibility index (Phi) is 5.62. The van der Waals surface area contributed by atoms with Gasteiger partial charge in [-0.15, -0.1) is 0 Å². The molecule has 0 spiro atoms. The third-order valence-corrected chi connectivity index (χ3v) is 4.64. The second kappa shape index (κ2) is 6.75. The van der Waals surface area contributed by atoms with Crippen molar-refractivity contribution in [2.24, 2.45) is 0 Å². The van der Waals surface area contributed by atoms with Gasteiger partial charge in [0.15, 0.2) is 0 Å². The standard InChI is InChI=1S/C13H20O4S/c1-3-18(15,16)9-5-8-13(14)11-6-4-7-12(10-11)17-2/h4,6-7,10,13-14H,3,5,8-9H2,1-2H3. The molecule has 4 nitrogen and oxygen atoms in total. The summed E-state index contributed by atoms with van der Waals surface area (Å²) in [7, 11) is -1.38. The van der Waals surface area contributed by atoms with Crippen LogP contribution in [0.5, 0.6) is 5.75 Å². The van der Waals surface area contributed by atoms with Gasteiger partial charge in [0, 0.05) is 5.75 Å². The van der Waals surface area contributed by atoms with E-state index >= 15 is 0 Å². The molecule has 0 aromatic heterocycles. The molecule has 5 heteroatoms. The summed E-state index contributed by atoms with van der Waals surface area (Å²) in [4.78, 5) is 0. The molecule has 0 fully saturated rings. The number of benzene rings is 1. The highest BCUT2D eigenvalue weighted by molar-refractivity contribution is 7.91. The van der Waals surface area contributed by atoms with Crippen molar-refractivity contribution in [2.45, 2.75) is 25.9 Å². The van der Waals surface area contributed by atoms with Crippen molar-refractivity contribution in [3.8, 4) is 5.75 Å². The summed E-state index contributed by atoms with van der Waals surface area (Å²) in [6.07, 6.45) is 0.258. The first kappa shape index (κ1) is 15.0. The van der Waals surface area contributed by atoms with Crippen LogP contribution in [0.1, 0.15) is 31.4 Å². The summed E-state index contributed by atoms with van der Waals surface area (Å²) in [5, 5.41) is 9.96. The largest absolute Gasteiger partial charge is 0.497 e. The Labute approximate surface area is 109 Å². The van der Waals surface area contributed by atoms with E-state index in [0.717, 1.165) is 5.56 Å².